The van der Waals surface area contributed by atoms with E-state index in [2.05, 4.69) is 39.8 Å². The number of para-hydroxylation sites is 1. The van der Waals surface area contributed by atoms with Gasteiger partial charge in [0.05, 0.1) is 6.04 Å². The molecule has 0 radical (unpaired) electrons. The van der Waals surface area contributed by atoms with Crippen molar-refractivity contribution in [3.63, 3.8) is 0 Å². The molecule has 0 aromatic heterocycles. The molecule has 27 heavy (non-hydrogen) atoms. The Balaban J connectivity index is 1.28. The summed E-state index contributed by atoms with van der Waals surface area (Å²) in [4.78, 5) is 15.8. The quantitative estimate of drug-likeness (QED) is 0.830. The Bertz CT molecular complexity index is 801. The lowest BCUT2D eigenvalue weighted by Gasteiger charge is -2.26. The molecule has 2 aromatic rings. The number of carbonyl (C=O) groups is 1. The lowest BCUT2D eigenvalue weighted by atomic mass is 10.0. The third-order valence-corrected chi connectivity index (χ3v) is 6.40. The van der Waals surface area contributed by atoms with Crippen molar-refractivity contribution in [2.75, 3.05) is 30.3 Å². The van der Waals surface area contributed by atoms with Crippen LogP contribution in [0.1, 0.15) is 24.4 Å². The molecule has 2 aliphatic rings. The number of hydrogen-bond acceptors (Lipinski definition) is 3. The van der Waals surface area contributed by atoms with E-state index in [0.717, 1.165) is 42.1 Å². The summed E-state index contributed by atoms with van der Waals surface area (Å²) in [5.74, 6) is 1.12. The average Bonchev–Trinajstić information content (AvgIpc) is 3.17. The number of anilines is 1. The fourth-order valence-corrected chi connectivity index (χ4v) is 4.94. The predicted molar refractivity (Wildman–Crippen MR) is 108 cm³/mol. The number of carbonyl (C=O) groups excluding carboxylic acids is 1. The Hall–Kier alpha value is -2.21. The van der Waals surface area contributed by atoms with Gasteiger partial charge in [0, 0.05) is 36.0 Å². The number of rotatable bonds is 4. The van der Waals surface area contributed by atoms with Gasteiger partial charge in [0.1, 0.15) is 5.82 Å². The first-order valence-corrected chi connectivity index (χ1v) is 10.4. The SMILES string of the molecule is O=C(NCC1CCN(c2ccccc2)C1)NC1CCSc2ccc(F)cc21. The summed E-state index contributed by atoms with van der Waals surface area (Å²) >= 11 is 1.72. The molecule has 1 saturated heterocycles. The topological polar surface area (TPSA) is 44.4 Å². The van der Waals surface area contributed by atoms with Gasteiger partial charge < -0.3 is 15.5 Å². The van der Waals surface area contributed by atoms with E-state index in [-0.39, 0.29) is 17.9 Å². The van der Waals surface area contributed by atoms with Crippen molar-refractivity contribution in [1.29, 1.82) is 0 Å². The van der Waals surface area contributed by atoms with E-state index < -0.39 is 0 Å². The summed E-state index contributed by atoms with van der Waals surface area (Å²) < 4.78 is 13.6. The van der Waals surface area contributed by atoms with Gasteiger partial charge in [0.15, 0.2) is 0 Å². The van der Waals surface area contributed by atoms with E-state index >= 15 is 0 Å². The third-order valence-electron chi connectivity index (χ3n) is 5.28. The van der Waals surface area contributed by atoms with Crippen LogP contribution in [-0.2, 0) is 0 Å². The molecule has 2 unspecified atom stereocenters. The molecule has 1 fully saturated rings. The molecule has 0 bridgehead atoms. The van der Waals surface area contributed by atoms with E-state index in [4.69, 9.17) is 0 Å². The van der Waals surface area contributed by atoms with Gasteiger partial charge in [-0.3, -0.25) is 0 Å². The zero-order valence-corrected chi connectivity index (χ0v) is 16.0. The van der Waals surface area contributed by atoms with E-state index in [1.54, 1.807) is 23.9 Å². The molecular formula is C21H24FN3OS. The van der Waals surface area contributed by atoms with E-state index in [0.29, 0.717) is 12.5 Å². The first kappa shape index (κ1) is 18.2. The van der Waals surface area contributed by atoms with Crippen LogP contribution in [0.4, 0.5) is 14.9 Å². The maximum Gasteiger partial charge on any atom is 0.315 e. The van der Waals surface area contributed by atoms with Crippen molar-refractivity contribution < 1.29 is 9.18 Å². The van der Waals surface area contributed by atoms with Crippen LogP contribution in [0.3, 0.4) is 0 Å². The Labute approximate surface area is 163 Å². The minimum absolute atomic E-state index is 0.124. The van der Waals surface area contributed by atoms with Gasteiger partial charge in [0.25, 0.3) is 0 Å². The Morgan fingerprint density at radius 3 is 2.89 bits per heavy atom. The number of fused-ring (bicyclic) bond motifs is 1. The lowest BCUT2D eigenvalue weighted by Crippen LogP contribution is -2.41. The summed E-state index contributed by atoms with van der Waals surface area (Å²) in [5.41, 5.74) is 2.13. The highest BCUT2D eigenvalue weighted by atomic mass is 32.2. The first-order chi connectivity index (χ1) is 13.2. The zero-order chi connectivity index (χ0) is 18.6. The summed E-state index contributed by atoms with van der Waals surface area (Å²) in [6.07, 6.45) is 1.89. The molecule has 2 heterocycles. The molecule has 2 atom stereocenters. The number of hydrogen-bond donors (Lipinski definition) is 2. The van der Waals surface area contributed by atoms with Crippen LogP contribution in [0.25, 0.3) is 0 Å². The Kier molecular flexibility index (Phi) is 5.53. The third kappa shape index (κ3) is 4.38. The van der Waals surface area contributed by atoms with Crippen molar-refractivity contribution in [2.45, 2.75) is 23.8 Å². The maximum atomic E-state index is 13.6. The minimum atomic E-state index is -0.254. The molecule has 142 valence electrons. The van der Waals surface area contributed by atoms with Crippen molar-refractivity contribution in [3.05, 3.63) is 59.9 Å². The van der Waals surface area contributed by atoms with Crippen molar-refractivity contribution in [2.24, 2.45) is 5.92 Å². The second-order valence-corrected chi connectivity index (χ2v) is 8.30. The van der Waals surface area contributed by atoms with Gasteiger partial charge in [-0.15, -0.1) is 11.8 Å². The van der Waals surface area contributed by atoms with E-state index in [1.807, 2.05) is 6.07 Å². The van der Waals surface area contributed by atoms with E-state index in [1.165, 1.54) is 11.8 Å². The molecule has 6 heteroatoms. The van der Waals surface area contributed by atoms with Crippen LogP contribution in [0.2, 0.25) is 0 Å². The fraction of sp³-hybridized carbons (Fsp3) is 0.381. The molecule has 0 aliphatic carbocycles. The Morgan fingerprint density at radius 1 is 1.19 bits per heavy atom. The molecule has 4 nitrogen and oxygen atoms in total. The highest BCUT2D eigenvalue weighted by molar-refractivity contribution is 7.99. The Morgan fingerprint density at radius 2 is 2.04 bits per heavy atom. The summed E-state index contributed by atoms with van der Waals surface area (Å²) in [5, 5.41) is 6.04. The highest BCUT2D eigenvalue weighted by Crippen LogP contribution is 2.36. The second kappa shape index (κ2) is 8.21. The molecule has 2 N–H and O–H groups in total. The molecule has 2 aromatic carbocycles. The van der Waals surface area contributed by atoms with Crippen LogP contribution >= 0.6 is 11.8 Å². The molecule has 0 spiro atoms. The number of nitrogens with one attached hydrogen (secondary N) is 2. The zero-order valence-electron chi connectivity index (χ0n) is 15.2. The average molecular weight is 386 g/mol. The first-order valence-electron chi connectivity index (χ1n) is 9.45. The summed E-state index contributed by atoms with van der Waals surface area (Å²) in [6, 6.07) is 14.9. The van der Waals surface area contributed by atoms with Gasteiger partial charge >= 0.3 is 6.03 Å². The molecule has 2 aliphatic heterocycles. The van der Waals surface area contributed by atoms with Gasteiger partial charge in [-0.05, 0) is 54.7 Å². The van der Waals surface area contributed by atoms with Gasteiger partial charge in [-0.2, -0.15) is 0 Å². The summed E-state index contributed by atoms with van der Waals surface area (Å²) in [7, 11) is 0. The van der Waals surface area contributed by atoms with Crippen molar-refractivity contribution in [1.82, 2.24) is 10.6 Å². The molecule has 0 saturated carbocycles. The molecular weight excluding hydrogens is 361 g/mol. The highest BCUT2D eigenvalue weighted by Gasteiger charge is 2.25. The predicted octanol–water partition coefficient (Wildman–Crippen LogP) is 4.19. The van der Waals surface area contributed by atoms with Crippen molar-refractivity contribution >= 4 is 23.5 Å². The lowest BCUT2D eigenvalue weighted by molar-refractivity contribution is 0.235. The van der Waals surface area contributed by atoms with Gasteiger partial charge in [-0.1, -0.05) is 18.2 Å². The van der Waals surface area contributed by atoms with Gasteiger partial charge in [-0.25, -0.2) is 9.18 Å². The molecule has 2 amide bonds. The number of halogens is 1. The van der Waals surface area contributed by atoms with Crippen LogP contribution < -0.4 is 15.5 Å². The number of amides is 2. The largest absolute Gasteiger partial charge is 0.371 e. The number of thioether (sulfide) groups is 1. The van der Waals surface area contributed by atoms with Crippen LogP contribution in [0.15, 0.2) is 53.4 Å². The monoisotopic (exact) mass is 385 g/mol. The number of benzene rings is 2. The number of nitrogens with zero attached hydrogens (tertiary/aromatic N) is 1. The normalized spacial score (nSPS) is 21.6. The van der Waals surface area contributed by atoms with Crippen LogP contribution in [0, 0.1) is 11.7 Å². The van der Waals surface area contributed by atoms with Crippen molar-refractivity contribution in [3.8, 4) is 0 Å². The molecule has 4 rings (SSSR count). The second-order valence-electron chi connectivity index (χ2n) is 7.16. The fourth-order valence-electron chi connectivity index (χ4n) is 3.83. The number of urea groups is 1. The maximum absolute atomic E-state index is 13.6. The smallest absolute Gasteiger partial charge is 0.315 e. The van der Waals surface area contributed by atoms with E-state index in [9.17, 15) is 9.18 Å². The minimum Gasteiger partial charge on any atom is -0.371 e. The summed E-state index contributed by atoms with van der Waals surface area (Å²) in [6.45, 7) is 2.63. The van der Waals surface area contributed by atoms with Crippen LogP contribution in [-0.4, -0.2) is 31.4 Å². The van der Waals surface area contributed by atoms with Gasteiger partial charge in [0.2, 0.25) is 0 Å². The van der Waals surface area contributed by atoms with Crippen LogP contribution in [0.5, 0.6) is 0 Å². The standard InChI is InChI=1S/C21H24FN3OS/c22-16-6-7-20-18(12-16)19(9-11-27-20)24-21(26)23-13-15-8-10-25(14-15)17-4-2-1-3-5-17/h1-7,12,15,19H,8-11,13-14H2,(H2,23,24,26).